The molecule has 0 saturated carbocycles. The molecule has 1 aliphatic heterocycles. The molecule has 34 heavy (non-hydrogen) atoms. The fraction of sp³-hybridized carbons (Fsp3) is 0.333. The van der Waals surface area contributed by atoms with E-state index in [1.807, 2.05) is 0 Å². The molecule has 3 atom stereocenters. The first-order chi connectivity index (χ1) is 16.0. The quantitative estimate of drug-likeness (QED) is 0.440. The molecule has 2 heterocycles. The number of aliphatic hydroxyl groups excluding tert-OH is 1. The van der Waals surface area contributed by atoms with Crippen molar-refractivity contribution in [3.63, 3.8) is 0 Å². The molecule has 0 aliphatic carbocycles. The van der Waals surface area contributed by atoms with Crippen molar-refractivity contribution >= 4 is 33.2 Å². The van der Waals surface area contributed by atoms with Gasteiger partial charge in [0.1, 0.15) is 22.5 Å². The summed E-state index contributed by atoms with van der Waals surface area (Å²) in [4.78, 5) is 11.3. The van der Waals surface area contributed by atoms with Crippen LogP contribution in [0.5, 0.6) is 5.75 Å². The molecule has 3 aromatic rings. The monoisotopic (exact) mass is 531 g/mol. The van der Waals surface area contributed by atoms with Gasteiger partial charge in [-0.2, -0.15) is 4.72 Å². The molecule has 0 radical (unpaired) electrons. The number of nitrogens with zero attached hydrogens (tertiary/aromatic N) is 1. The van der Waals surface area contributed by atoms with Crippen molar-refractivity contribution in [2.75, 3.05) is 6.61 Å². The van der Waals surface area contributed by atoms with Crippen molar-refractivity contribution in [3.8, 4) is 5.75 Å². The van der Waals surface area contributed by atoms with E-state index in [1.165, 1.54) is 18.2 Å². The number of hydrogen-bond donors (Lipinski definition) is 3. The van der Waals surface area contributed by atoms with Crippen LogP contribution in [0.15, 0.2) is 38.4 Å². The average Bonchev–Trinajstić information content (AvgIpc) is 3.21. The number of aromatic nitrogens is 2. The van der Waals surface area contributed by atoms with E-state index in [0.717, 1.165) is 6.07 Å². The third kappa shape index (κ3) is 4.46. The van der Waals surface area contributed by atoms with Crippen molar-refractivity contribution in [3.05, 3.63) is 73.3 Å². The molecule has 3 N–H and O–H groups in total. The molecule has 4 rings (SSSR count). The Balaban J connectivity index is 1.82. The van der Waals surface area contributed by atoms with E-state index in [-0.39, 0.29) is 50.7 Å². The highest BCUT2D eigenvalue weighted by Crippen LogP contribution is 2.43. The first kappa shape index (κ1) is 24.7. The van der Waals surface area contributed by atoms with Crippen molar-refractivity contribution in [2.24, 2.45) is 0 Å². The summed E-state index contributed by atoms with van der Waals surface area (Å²) < 4.78 is 54.8. The number of halogens is 3. The van der Waals surface area contributed by atoms with Crippen LogP contribution in [0.4, 0.5) is 4.39 Å². The van der Waals surface area contributed by atoms with Crippen LogP contribution in [0, 0.1) is 12.7 Å². The van der Waals surface area contributed by atoms with Gasteiger partial charge < -0.3 is 14.3 Å². The lowest BCUT2D eigenvalue weighted by atomic mass is 9.90. The summed E-state index contributed by atoms with van der Waals surface area (Å²) in [6, 6.07) is 3.81. The molecular weight excluding hydrogens is 512 g/mol. The van der Waals surface area contributed by atoms with Gasteiger partial charge in [0.15, 0.2) is 0 Å². The van der Waals surface area contributed by atoms with Crippen LogP contribution in [0.3, 0.4) is 0 Å². The average molecular weight is 532 g/mol. The van der Waals surface area contributed by atoms with Crippen LogP contribution in [0.2, 0.25) is 10.0 Å². The normalized spacial score (nSPS) is 17.6. The molecule has 182 valence electrons. The summed E-state index contributed by atoms with van der Waals surface area (Å²) in [6.07, 6.45) is -0.761. The number of H-pyrrole nitrogens is 1. The second-order valence-electron chi connectivity index (χ2n) is 7.85. The molecule has 0 saturated heterocycles. The van der Waals surface area contributed by atoms with Gasteiger partial charge in [0.2, 0.25) is 15.9 Å². The van der Waals surface area contributed by atoms with Gasteiger partial charge in [-0.05, 0) is 42.3 Å². The van der Waals surface area contributed by atoms with E-state index in [1.54, 1.807) is 13.8 Å². The third-order valence-corrected chi connectivity index (χ3v) is 7.92. The Morgan fingerprint density at radius 3 is 2.65 bits per heavy atom. The SMILES string of the molecule is Cc1c(Cl)ccc(F)c1[C@@H](C)[C@H](NS(=O)(=O)c1ccc(Cl)c2c1OCCC2O)c1n[nH]c(=O)o1. The molecule has 1 unspecified atom stereocenters. The molecule has 2 aromatic carbocycles. The molecule has 0 spiro atoms. The highest BCUT2D eigenvalue weighted by Gasteiger charge is 2.36. The smallest absolute Gasteiger partial charge is 0.434 e. The van der Waals surface area contributed by atoms with Gasteiger partial charge in [0.05, 0.1) is 17.7 Å². The Kier molecular flexibility index (Phi) is 6.76. The summed E-state index contributed by atoms with van der Waals surface area (Å²) in [7, 11) is -4.38. The fourth-order valence-electron chi connectivity index (χ4n) is 4.01. The minimum atomic E-state index is -4.38. The number of benzene rings is 2. The van der Waals surface area contributed by atoms with Gasteiger partial charge in [-0.25, -0.2) is 22.7 Å². The van der Waals surface area contributed by atoms with Crippen molar-refractivity contribution in [1.82, 2.24) is 14.9 Å². The maximum Gasteiger partial charge on any atom is 0.434 e. The van der Waals surface area contributed by atoms with E-state index < -0.39 is 39.7 Å². The summed E-state index contributed by atoms with van der Waals surface area (Å²) in [5, 5.41) is 16.6. The number of rotatable bonds is 6. The molecule has 0 amide bonds. The first-order valence-corrected chi connectivity index (χ1v) is 12.4. The maximum absolute atomic E-state index is 14.8. The van der Waals surface area contributed by atoms with Crippen molar-refractivity contribution in [2.45, 2.75) is 43.2 Å². The fourth-order valence-corrected chi connectivity index (χ4v) is 5.88. The van der Waals surface area contributed by atoms with Crippen LogP contribution in [-0.4, -0.2) is 30.3 Å². The van der Waals surface area contributed by atoms with Crippen LogP contribution in [-0.2, 0) is 10.0 Å². The summed E-state index contributed by atoms with van der Waals surface area (Å²) >= 11 is 12.3. The van der Waals surface area contributed by atoms with E-state index in [9.17, 15) is 22.7 Å². The molecule has 1 aliphatic rings. The Morgan fingerprint density at radius 1 is 1.26 bits per heavy atom. The molecular formula is C21H20Cl2FN3O6S. The Labute approximate surface area is 203 Å². The zero-order valence-corrected chi connectivity index (χ0v) is 20.3. The predicted molar refractivity (Wildman–Crippen MR) is 121 cm³/mol. The second kappa shape index (κ2) is 9.31. The number of fused-ring (bicyclic) bond motifs is 1. The summed E-state index contributed by atoms with van der Waals surface area (Å²) in [6.45, 7) is 3.22. The predicted octanol–water partition coefficient (Wildman–Crippen LogP) is 3.76. The lowest BCUT2D eigenvalue weighted by molar-refractivity contribution is 0.113. The summed E-state index contributed by atoms with van der Waals surface area (Å²) in [5.74, 6) is -2.83. The Hall–Kier alpha value is -2.44. The number of sulfonamides is 1. The lowest BCUT2D eigenvalue weighted by Crippen LogP contribution is -2.33. The number of nitrogens with one attached hydrogen (secondary N) is 2. The molecule has 0 bridgehead atoms. The zero-order chi connectivity index (χ0) is 24.8. The Morgan fingerprint density at radius 2 is 1.97 bits per heavy atom. The van der Waals surface area contributed by atoms with E-state index in [2.05, 4.69) is 14.9 Å². The minimum absolute atomic E-state index is 0.0814. The molecule has 9 nitrogen and oxygen atoms in total. The third-order valence-electron chi connectivity index (χ3n) is 5.72. The van der Waals surface area contributed by atoms with Gasteiger partial charge in [0, 0.05) is 22.9 Å². The number of aromatic amines is 1. The first-order valence-electron chi connectivity index (χ1n) is 10.2. The second-order valence-corrected chi connectivity index (χ2v) is 10.3. The van der Waals surface area contributed by atoms with Crippen molar-refractivity contribution in [1.29, 1.82) is 0 Å². The zero-order valence-electron chi connectivity index (χ0n) is 17.9. The van der Waals surface area contributed by atoms with E-state index in [0.29, 0.717) is 5.56 Å². The minimum Gasteiger partial charge on any atom is -0.492 e. The van der Waals surface area contributed by atoms with E-state index in [4.69, 9.17) is 32.4 Å². The lowest BCUT2D eigenvalue weighted by Gasteiger charge is -2.27. The van der Waals surface area contributed by atoms with Gasteiger partial charge in [-0.3, -0.25) is 0 Å². The maximum atomic E-state index is 14.8. The number of hydrogen-bond acceptors (Lipinski definition) is 7. The van der Waals surface area contributed by atoms with Crippen LogP contribution >= 0.6 is 23.2 Å². The van der Waals surface area contributed by atoms with Crippen LogP contribution in [0.25, 0.3) is 0 Å². The standard InChI is InChI=1S/C21H20Cl2FN3O6S/c1-9-11(22)3-5-13(24)16(9)10(2)18(20-25-26-21(29)33-20)27-34(30,31)15-6-4-12(23)17-14(28)7-8-32-19(15)17/h3-6,10,14,18,27-28H,7-8H2,1-2H3,(H,26,29)/t10-,14?,18+/m1/s1. The van der Waals surface area contributed by atoms with Crippen molar-refractivity contribution < 1.29 is 27.1 Å². The van der Waals surface area contributed by atoms with Crippen LogP contribution in [0.1, 0.15) is 54.0 Å². The van der Waals surface area contributed by atoms with Gasteiger partial charge in [-0.15, -0.1) is 5.10 Å². The number of ether oxygens (including phenoxy) is 1. The topological polar surface area (TPSA) is 135 Å². The largest absolute Gasteiger partial charge is 0.492 e. The van der Waals surface area contributed by atoms with E-state index >= 15 is 0 Å². The van der Waals surface area contributed by atoms with Crippen LogP contribution < -0.4 is 15.2 Å². The molecule has 13 heteroatoms. The van der Waals surface area contributed by atoms with Gasteiger partial charge >= 0.3 is 5.76 Å². The van der Waals surface area contributed by atoms with Gasteiger partial charge in [-0.1, -0.05) is 30.1 Å². The highest BCUT2D eigenvalue weighted by atomic mass is 35.5. The van der Waals surface area contributed by atoms with Gasteiger partial charge in [0.25, 0.3) is 0 Å². The Bertz CT molecular complexity index is 1410. The molecule has 1 aromatic heterocycles. The molecule has 0 fully saturated rings. The summed E-state index contributed by atoms with van der Waals surface area (Å²) in [5.41, 5.74) is 0.672. The highest BCUT2D eigenvalue weighted by molar-refractivity contribution is 7.89. The number of aliphatic hydroxyl groups is 1.